The maximum absolute atomic E-state index is 13.3. The average molecular weight is 530 g/mol. The van der Waals surface area contributed by atoms with Crippen molar-refractivity contribution in [1.29, 1.82) is 0 Å². The van der Waals surface area contributed by atoms with Gasteiger partial charge in [-0.25, -0.2) is 4.79 Å². The van der Waals surface area contributed by atoms with Crippen LogP contribution in [0.5, 0.6) is 0 Å². The fraction of sp³-hybridized carbons (Fsp3) is 0.500. The predicted octanol–water partition coefficient (Wildman–Crippen LogP) is 0.604. The lowest BCUT2D eigenvalue weighted by atomic mass is 9.99. The van der Waals surface area contributed by atoms with E-state index in [1.165, 1.54) is 4.90 Å². The van der Waals surface area contributed by atoms with Gasteiger partial charge in [0.1, 0.15) is 18.1 Å². The van der Waals surface area contributed by atoms with Crippen LogP contribution in [0.3, 0.4) is 0 Å². The quantitative estimate of drug-likeness (QED) is 0.230. The molecule has 5 unspecified atom stereocenters. The van der Waals surface area contributed by atoms with Gasteiger partial charge in [-0.15, -0.1) is 0 Å². The van der Waals surface area contributed by atoms with E-state index in [0.29, 0.717) is 12.8 Å². The Balaban J connectivity index is 1.73. The molecule has 38 heavy (non-hydrogen) atoms. The van der Waals surface area contributed by atoms with E-state index < -0.39 is 60.2 Å². The Morgan fingerprint density at radius 1 is 1.13 bits per heavy atom. The number of nitrogens with one attached hydrogen (secondary N) is 3. The lowest BCUT2D eigenvalue weighted by Gasteiger charge is -2.30. The van der Waals surface area contributed by atoms with Gasteiger partial charge in [-0.2, -0.15) is 0 Å². The number of para-hydroxylation sites is 1. The molecule has 2 aromatic rings. The Bertz CT molecular complexity index is 1200. The van der Waals surface area contributed by atoms with Gasteiger partial charge in [0.2, 0.25) is 17.7 Å². The molecule has 1 saturated heterocycles. The van der Waals surface area contributed by atoms with E-state index in [1.54, 1.807) is 13.1 Å². The summed E-state index contributed by atoms with van der Waals surface area (Å²) in [6.45, 7) is 3.79. The summed E-state index contributed by atoms with van der Waals surface area (Å²) in [5.41, 5.74) is 7.50. The van der Waals surface area contributed by atoms with Gasteiger partial charge in [-0.1, -0.05) is 38.5 Å². The van der Waals surface area contributed by atoms with E-state index >= 15 is 0 Å². The van der Waals surface area contributed by atoms with Crippen molar-refractivity contribution < 1.29 is 34.2 Å². The van der Waals surface area contributed by atoms with Gasteiger partial charge >= 0.3 is 11.9 Å². The maximum atomic E-state index is 13.3. The number of nitrogens with zero attached hydrogens (tertiary/aromatic N) is 1. The van der Waals surface area contributed by atoms with Crippen LogP contribution in [0.25, 0.3) is 10.9 Å². The van der Waals surface area contributed by atoms with Crippen LogP contribution < -0.4 is 16.4 Å². The van der Waals surface area contributed by atoms with Gasteiger partial charge in [0.25, 0.3) is 0 Å². The molecule has 0 aliphatic carbocycles. The van der Waals surface area contributed by atoms with Gasteiger partial charge < -0.3 is 36.5 Å². The van der Waals surface area contributed by atoms with Crippen LogP contribution in [0, 0.1) is 5.92 Å². The summed E-state index contributed by atoms with van der Waals surface area (Å²) in [5, 5.41) is 24.9. The minimum atomic E-state index is -1.41. The van der Waals surface area contributed by atoms with E-state index in [4.69, 9.17) is 5.73 Å². The van der Waals surface area contributed by atoms with Crippen LogP contribution in [-0.4, -0.2) is 80.5 Å². The number of carboxylic acids is 2. The monoisotopic (exact) mass is 529 g/mol. The molecular formula is C26H35N5O7. The zero-order chi connectivity index (χ0) is 28.0. The van der Waals surface area contributed by atoms with Crippen molar-refractivity contribution in [2.45, 2.75) is 70.1 Å². The molecule has 0 saturated carbocycles. The van der Waals surface area contributed by atoms with Crippen molar-refractivity contribution >= 4 is 40.6 Å². The molecule has 1 fully saturated rings. The van der Waals surface area contributed by atoms with E-state index in [0.717, 1.165) is 16.5 Å². The molecule has 1 aliphatic heterocycles. The molecule has 206 valence electrons. The van der Waals surface area contributed by atoms with E-state index in [2.05, 4.69) is 15.6 Å². The van der Waals surface area contributed by atoms with Crippen molar-refractivity contribution in [3.05, 3.63) is 36.0 Å². The average Bonchev–Trinajstić information content (AvgIpc) is 3.54. The number of carboxylic acid groups (broad SMARTS) is 2. The number of benzene rings is 1. The minimum Gasteiger partial charge on any atom is -0.481 e. The first-order chi connectivity index (χ1) is 18.0. The SMILES string of the molecule is CCC(C)C(N)C(=O)NC(CC(=O)O)C(=O)N1CCCC1C(=O)NC(Cc1c[nH]c2ccccc12)C(=O)O. The number of aliphatic carboxylic acids is 2. The van der Waals surface area contributed by atoms with Crippen LogP contribution >= 0.6 is 0 Å². The van der Waals surface area contributed by atoms with Crippen LogP contribution in [0.2, 0.25) is 0 Å². The number of hydrogen-bond acceptors (Lipinski definition) is 6. The number of hydrogen-bond donors (Lipinski definition) is 6. The summed E-state index contributed by atoms with van der Waals surface area (Å²) < 4.78 is 0. The number of amides is 3. The van der Waals surface area contributed by atoms with Crippen LogP contribution in [0.4, 0.5) is 0 Å². The van der Waals surface area contributed by atoms with Crippen molar-refractivity contribution in [2.24, 2.45) is 11.7 Å². The highest BCUT2D eigenvalue weighted by Crippen LogP contribution is 2.22. The lowest BCUT2D eigenvalue weighted by Crippen LogP contribution is -2.57. The number of carbonyl (C=O) groups is 5. The number of aromatic amines is 1. The van der Waals surface area contributed by atoms with Crippen LogP contribution in [0.15, 0.2) is 30.5 Å². The molecule has 1 aliphatic rings. The minimum absolute atomic E-state index is 0.0248. The normalized spacial score (nSPS) is 18.4. The second-order valence-electron chi connectivity index (χ2n) is 9.72. The summed E-state index contributed by atoms with van der Waals surface area (Å²) in [4.78, 5) is 66.8. The van der Waals surface area contributed by atoms with E-state index in [1.807, 2.05) is 31.2 Å². The highest BCUT2D eigenvalue weighted by atomic mass is 16.4. The molecule has 1 aromatic carbocycles. The van der Waals surface area contributed by atoms with Crippen LogP contribution in [-0.2, 0) is 30.4 Å². The molecule has 5 atom stereocenters. The number of nitrogens with two attached hydrogens (primary N) is 1. The Kier molecular flexibility index (Phi) is 9.45. The number of rotatable bonds is 12. The molecular weight excluding hydrogens is 494 g/mol. The van der Waals surface area contributed by atoms with Gasteiger partial charge in [-0.3, -0.25) is 19.2 Å². The highest BCUT2D eigenvalue weighted by molar-refractivity contribution is 5.96. The summed E-state index contributed by atoms with van der Waals surface area (Å²) in [6, 6.07) is 2.81. The molecule has 7 N–H and O–H groups in total. The summed E-state index contributed by atoms with van der Waals surface area (Å²) >= 11 is 0. The number of carbonyl (C=O) groups excluding carboxylic acids is 3. The Morgan fingerprint density at radius 2 is 1.84 bits per heavy atom. The Labute approximate surface area is 219 Å². The number of aromatic nitrogens is 1. The zero-order valence-electron chi connectivity index (χ0n) is 21.5. The molecule has 0 radical (unpaired) electrons. The molecule has 3 amide bonds. The first kappa shape index (κ1) is 28.6. The topological polar surface area (TPSA) is 195 Å². The standard InChI is InChI=1S/C26H35N5O7/c1-3-14(2)22(27)24(35)29-18(12-21(32)33)25(36)31-10-6-9-20(31)23(34)30-19(26(37)38)11-15-13-28-17-8-5-4-7-16(15)17/h4-5,7-8,13-14,18-20,22,28H,3,6,9-12,27H2,1-2H3,(H,29,35)(H,30,34)(H,32,33)(H,37,38). The number of fused-ring (bicyclic) bond motifs is 1. The smallest absolute Gasteiger partial charge is 0.326 e. The van der Waals surface area contributed by atoms with E-state index in [9.17, 15) is 34.2 Å². The van der Waals surface area contributed by atoms with Crippen molar-refractivity contribution in [3.8, 4) is 0 Å². The zero-order valence-corrected chi connectivity index (χ0v) is 21.5. The second kappa shape index (κ2) is 12.5. The fourth-order valence-electron chi connectivity index (χ4n) is 4.65. The molecule has 12 heteroatoms. The Hall–Kier alpha value is -3.93. The van der Waals surface area contributed by atoms with E-state index in [-0.39, 0.29) is 25.3 Å². The van der Waals surface area contributed by atoms with Gasteiger partial charge in [-0.05, 0) is 30.4 Å². The van der Waals surface area contributed by atoms with Crippen LogP contribution in [0.1, 0.15) is 45.1 Å². The number of likely N-dealkylation sites (tertiary alicyclic amines) is 1. The van der Waals surface area contributed by atoms with Crippen molar-refractivity contribution in [1.82, 2.24) is 20.5 Å². The van der Waals surface area contributed by atoms with Gasteiger partial charge in [0, 0.05) is 30.1 Å². The first-order valence-electron chi connectivity index (χ1n) is 12.7. The van der Waals surface area contributed by atoms with Gasteiger partial charge in [0.05, 0.1) is 12.5 Å². The lowest BCUT2D eigenvalue weighted by molar-refractivity contribution is -0.147. The molecule has 1 aromatic heterocycles. The summed E-state index contributed by atoms with van der Waals surface area (Å²) in [5.74, 6) is -4.74. The fourth-order valence-corrected chi connectivity index (χ4v) is 4.65. The molecule has 12 nitrogen and oxygen atoms in total. The Morgan fingerprint density at radius 3 is 2.50 bits per heavy atom. The third-order valence-electron chi connectivity index (χ3n) is 7.11. The molecule has 0 bridgehead atoms. The highest BCUT2D eigenvalue weighted by Gasteiger charge is 2.40. The first-order valence-corrected chi connectivity index (χ1v) is 12.7. The summed E-state index contributed by atoms with van der Waals surface area (Å²) in [6.07, 6.45) is 2.39. The second-order valence-corrected chi connectivity index (χ2v) is 9.72. The van der Waals surface area contributed by atoms with Crippen molar-refractivity contribution in [3.63, 3.8) is 0 Å². The predicted molar refractivity (Wildman–Crippen MR) is 138 cm³/mol. The molecule has 3 rings (SSSR count). The number of H-pyrrole nitrogens is 1. The molecule has 2 heterocycles. The summed E-state index contributed by atoms with van der Waals surface area (Å²) in [7, 11) is 0. The molecule has 0 spiro atoms. The third-order valence-corrected chi connectivity index (χ3v) is 7.11. The third kappa shape index (κ3) is 6.68. The largest absolute Gasteiger partial charge is 0.481 e. The maximum Gasteiger partial charge on any atom is 0.326 e. The van der Waals surface area contributed by atoms with Crippen molar-refractivity contribution in [2.75, 3.05) is 6.54 Å². The van der Waals surface area contributed by atoms with Gasteiger partial charge in [0.15, 0.2) is 0 Å².